The highest BCUT2D eigenvalue weighted by molar-refractivity contribution is 5.83. The van der Waals surface area contributed by atoms with Gasteiger partial charge in [0.1, 0.15) is 5.92 Å². The van der Waals surface area contributed by atoms with Crippen LogP contribution in [0, 0.1) is 5.92 Å². The number of benzene rings is 1. The smallest absolute Gasteiger partial charge is 0.313 e. The third-order valence-electron chi connectivity index (χ3n) is 6.09. The number of carbonyl (C=O) groups excluding carboxylic acids is 2. The average Bonchev–Trinajstić information content (AvgIpc) is 3.38. The van der Waals surface area contributed by atoms with E-state index in [9.17, 15) is 9.59 Å². The second-order valence-electron chi connectivity index (χ2n) is 7.75. The first kappa shape index (κ1) is 20.3. The second-order valence-corrected chi connectivity index (χ2v) is 7.75. The number of nitrogens with zero attached hydrogens (tertiary/aromatic N) is 1. The summed E-state index contributed by atoms with van der Waals surface area (Å²) in [6.45, 7) is 3.71. The maximum Gasteiger partial charge on any atom is 0.313 e. The molecular weight excluding hydrogens is 374 g/mol. The summed E-state index contributed by atoms with van der Waals surface area (Å²) >= 11 is 0. The number of rotatable bonds is 7. The zero-order valence-electron chi connectivity index (χ0n) is 16.9. The number of fused-ring (bicyclic) bond motifs is 1. The molecule has 1 aromatic carbocycles. The lowest BCUT2D eigenvalue weighted by Crippen LogP contribution is -2.59. The molecule has 4 rings (SSSR count). The normalized spacial score (nSPS) is 29.8. The quantitative estimate of drug-likeness (QED) is 0.652. The summed E-state index contributed by atoms with van der Waals surface area (Å²) < 4.78 is 22.8. The molecule has 3 aliphatic rings. The zero-order valence-corrected chi connectivity index (χ0v) is 16.9. The molecule has 0 spiro atoms. The fraction of sp³-hybridized carbons (Fsp3) is 0.636. The highest BCUT2D eigenvalue weighted by atomic mass is 16.7. The van der Waals surface area contributed by atoms with Crippen molar-refractivity contribution in [2.24, 2.45) is 5.92 Å². The van der Waals surface area contributed by atoms with Crippen molar-refractivity contribution >= 4 is 11.9 Å². The van der Waals surface area contributed by atoms with Crippen molar-refractivity contribution in [2.75, 3.05) is 26.4 Å². The molecule has 0 radical (unpaired) electrons. The molecule has 0 saturated carbocycles. The van der Waals surface area contributed by atoms with Crippen molar-refractivity contribution in [3.05, 3.63) is 35.9 Å². The average molecular weight is 403 g/mol. The molecule has 3 heterocycles. The Bertz CT molecular complexity index is 719. The summed E-state index contributed by atoms with van der Waals surface area (Å²) in [5.41, 5.74) is 0.0513. The number of piperidine rings is 1. The molecule has 29 heavy (non-hydrogen) atoms. The predicted molar refractivity (Wildman–Crippen MR) is 104 cm³/mol. The molecular formula is C22H29NO6. The van der Waals surface area contributed by atoms with Crippen LogP contribution in [0.15, 0.2) is 30.3 Å². The van der Waals surface area contributed by atoms with E-state index in [-0.39, 0.29) is 24.2 Å². The molecule has 7 nitrogen and oxygen atoms in total. The van der Waals surface area contributed by atoms with Crippen LogP contribution in [-0.2, 0) is 28.5 Å². The van der Waals surface area contributed by atoms with Crippen molar-refractivity contribution in [3.8, 4) is 0 Å². The van der Waals surface area contributed by atoms with Gasteiger partial charge in [-0.25, -0.2) is 0 Å². The first-order valence-corrected chi connectivity index (χ1v) is 10.6. The summed E-state index contributed by atoms with van der Waals surface area (Å²) in [6, 6.07) is 9.69. The first-order valence-electron chi connectivity index (χ1n) is 10.6. The van der Waals surface area contributed by atoms with Crippen LogP contribution >= 0.6 is 0 Å². The lowest BCUT2D eigenvalue weighted by molar-refractivity contribution is -0.193. The number of carbonyl (C=O) groups is 2. The minimum absolute atomic E-state index is 0.0327. The third-order valence-corrected chi connectivity index (χ3v) is 6.09. The number of esters is 1. The minimum atomic E-state index is -0.972. The van der Waals surface area contributed by atoms with Gasteiger partial charge in [0.2, 0.25) is 5.91 Å². The Hall–Kier alpha value is -1.96. The van der Waals surface area contributed by atoms with Gasteiger partial charge < -0.3 is 23.8 Å². The summed E-state index contributed by atoms with van der Waals surface area (Å²) in [4.78, 5) is 27.7. The van der Waals surface area contributed by atoms with E-state index < -0.39 is 11.6 Å². The molecule has 3 fully saturated rings. The first-order chi connectivity index (χ1) is 14.2. The molecule has 0 aromatic heterocycles. The SMILES string of the molecule is CCOC(=O)[C@@H]1CCC(=O)N2[C@H](c3ccccc3)CO[C@@]12CCCC1OCCO1. The summed E-state index contributed by atoms with van der Waals surface area (Å²) in [7, 11) is 0. The number of hydrogen-bond acceptors (Lipinski definition) is 6. The molecule has 3 saturated heterocycles. The molecule has 1 amide bonds. The van der Waals surface area contributed by atoms with Crippen molar-refractivity contribution in [1.29, 1.82) is 0 Å². The van der Waals surface area contributed by atoms with E-state index in [4.69, 9.17) is 18.9 Å². The van der Waals surface area contributed by atoms with Gasteiger partial charge in [0.05, 0.1) is 32.5 Å². The van der Waals surface area contributed by atoms with Gasteiger partial charge in [-0.15, -0.1) is 0 Å². The van der Waals surface area contributed by atoms with Crippen LogP contribution in [0.2, 0.25) is 0 Å². The van der Waals surface area contributed by atoms with Gasteiger partial charge >= 0.3 is 5.97 Å². The molecule has 0 unspecified atom stereocenters. The topological polar surface area (TPSA) is 74.3 Å². The van der Waals surface area contributed by atoms with E-state index in [1.807, 2.05) is 35.2 Å². The zero-order chi connectivity index (χ0) is 20.3. The molecule has 7 heteroatoms. The Balaban J connectivity index is 1.60. The van der Waals surface area contributed by atoms with E-state index in [2.05, 4.69) is 0 Å². The van der Waals surface area contributed by atoms with Crippen LogP contribution in [0.4, 0.5) is 0 Å². The lowest BCUT2D eigenvalue weighted by atomic mass is 9.81. The van der Waals surface area contributed by atoms with Crippen LogP contribution in [0.5, 0.6) is 0 Å². The van der Waals surface area contributed by atoms with Crippen molar-refractivity contribution in [3.63, 3.8) is 0 Å². The number of hydrogen-bond donors (Lipinski definition) is 0. The summed E-state index contributed by atoms with van der Waals surface area (Å²) in [6.07, 6.45) is 2.55. The highest BCUT2D eigenvalue weighted by Crippen LogP contribution is 2.49. The Kier molecular flexibility index (Phi) is 6.18. The Morgan fingerprint density at radius 3 is 2.72 bits per heavy atom. The van der Waals surface area contributed by atoms with Gasteiger partial charge in [0.25, 0.3) is 0 Å². The van der Waals surface area contributed by atoms with Gasteiger partial charge in [0, 0.05) is 6.42 Å². The van der Waals surface area contributed by atoms with Crippen molar-refractivity contribution in [1.82, 2.24) is 4.90 Å². The molecule has 0 bridgehead atoms. The molecule has 3 aliphatic heterocycles. The lowest BCUT2D eigenvalue weighted by Gasteiger charge is -2.47. The van der Waals surface area contributed by atoms with Crippen LogP contribution in [0.3, 0.4) is 0 Å². The fourth-order valence-corrected chi connectivity index (χ4v) is 4.83. The number of amides is 1. The van der Waals surface area contributed by atoms with E-state index in [0.29, 0.717) is 52.1 Å². The van der Waals surface area contributed by atoms with E-state index in [1.165, 1.54) is 0 Å². The molecule has 1 aromatic rings. The predicted octanol–water partition coefficient (Wildman–Crippen LogP) is 2.80. The maximum atomic E-state index is 13.1. The minimum Gasteiger partial charge on any atom is -0.466 e. The van der Waals surface area contributed by atoms with Gasteiger partial charge in [-0.3, -0.25) is 9.59 Å². The fourth-order valence-electron chi connectivity index (χ4n) is 4.83. The van der Waals surface area contributed by atoms with E-state index in [1.54, 1.807) is 6.92 Å². The van der Waals surface area contributed by atoms with Crippen LogP contribution < -0.4 is 0 Å². The van der Waals surface area contributed by atoms with Crippen molar-refractivity contribution < 1.29 is 28.5 Å². The Morgan fingerprint density at radius 1 is 1.24 bits per heavy atom. The Morgan fingerprint density at radius 2 is 2.00 bits per heavy atom. The van der Waals surface area contributed by atoms with E-state index >= 15 is 0 Å². The Labute approximate surface area is 171 Å². The van der Waals surface area contributed by atoms with Gasteiger partial charge in [-0.2, -0.15) is 0 Å². The summed E-state index contributed by atoms with van der Waals surface area (Å²) in [5, 5.41) is 0. The largest absolute Gasteiger partial charge is 0.466 e. The molecule has 3 atom stereocenters. The molecule has 0 aliphatic carbocycles. The van der Waals surface area contributed by atoms with Crippen molar-refractivity contribution in [2.45, 2.75) is 57.1 Å². The molecule has 0 N–H and O–H groups in total. The molecule has 158 valence electrons. The second kappa shape index (κ2) is 8.81. The number of ether oxygens (including phenoxy) is 4. The van der Waals surface area contributed by atoms with Gasteiger partial charge in [-0.05, 0) is 38.2 Å². The third kappa shape index (κ3) is 3.91. The standard InChI is InChI=1S/C22H29NO6/c1-2-26-21(25)17-10-11-19(24)23-18(16-7-4-3-5-8-16)15-29-22(17,23)12-6-9-20-27-13-14-28-20/h3-5,7-8,17-18,20H,2,6,9-15H2,1H3/t17-,18-,22-/m0/s1. The highest BCUT2D eigenvalue weighted by Gasteiger charge is 2.59. The van der Waals surface area contributed by atoms with Crippen LogP contribution in [0.1, 0.15) is 50.6 Å². The van der Waals surface area contributed by atoms with Crippen LogP contribution in [0.25, 0.3) is 0 Å². The maximum absolute atomic E-state index is 13.1. The van der Waals surface area contributed by atoms with Gasteiger partial charge in [-0.1, -0.05) is 30.3 Å². The van der Waals surface area contributed by atoms with Gasteiger partial charge in [0.15, 0.2) is 12.0 Å². The summed E-state index contributed by atoms with van der Waals surface area (Å²) in [5.74, 6) is -0.739. The van der Waals surface area contributed by atoms with E-state index in [0.717, 1.165) is 12.0 Å². The van der Waals surface area contributed by atoms with Crippen LogP contribution in [-0.4, -0.2) is 55.2 Å². The monoisotopic (exact) mass is 403 g/mol.